The molecular formula is C18H30N5O4P. The van der Waals surface area contributed by atoms with Crippen LogP contribution in [0.5, 0.6) is 0 Å². The Morgan fingerprint density at radius 3 is 2.82 bits per heavy atom. The van der Waals surface area contributed by atoms with Gasteiger partial charge in [-0.3, -0.25) is 14.3 Å². The van der Waals surface area contributed by atoms with Crippen molar-refractivity contribution in [2.45, 2.75) is 50.7 Å². The average Bonchev–Trinajstić information content (AvgIpc) is 3.15. The molecule has 4 N–H and O–H groups in total. The van der Waals surface area contributed by atoms with Gasteiger partial charge >= 0.3 is 0 Å². The zero-order chi connectivity index (χ0) is 20.5. The maximum Gasteiger partial charge on any atom is 0.280 e. The van der Waals surface area contributed by atoms with Gasteiger partial charge in [0.2, 0.25) is 5.95 Å². The number of nitrogens with zero attached hydrogens (tertiary/aromatic N) is 3. The predicted molar refractivity (Wildman–Crippen MR) is 113 cm³/mol. The van der Waals surface area contributed by atoms with Crippen LogP contribution in [0.1, 0.15) is 32.4 Å². The van der Waals surface area contributed by atoms with Crippen LogP contribution in [0.25, 0.3) is 11.2 Å². The van der Waals surface area contributed by atoms with Gasteiger partial charge in [-0.15, -0.1) is 13.2 Å². The first-order valence-corrected chi connectivity index (χ1v) is 12.7. The third kappa shape index (κ3) is 4.49. The topological polar surface area (TPSA) is 125 Å². The van der Waals surface area contributed by atoms with Crippen LogP contribution in [0.2, 0.25) is 0 Å². The van der Waals surface area contributed by atoms with E-state index in [9.17, 15) is 15.0 Å². The molecule has 0 spiro atoms. The number of aromatic nitrogens is 4. The SMILES string of the molecule is C=P(C)(C)CC[C@H]1OC(n2cnc3c(=O)[nH]c(NCCCC)nc32)C(O)[C@@H]1O. The number of anilines is 1. The third-order valence-corrected chi connectivity index (χ3v) is 6.35. The molecule has 0 aromatic carbocycles. The highest BCUT2D eigenvalue weighted by atomic mass is 31.2. The number of ether oxygens (including phenoxy) is 1. The number of fused-ring (bicyclic) bond motifs is 1. The van der Waals surface area contributed by atoms with Crippen LogP contribution >= 0.6 is 6.89 Å². The van der Waals surface area contributed by atoms with E-state index in [1.165, 1.54) is 10.9 Å². The standard InChI is InChI=1S/C18H30N5O4P/c1-5-6-8-19-18-21-15-12(16(26)22-18)20-10-23(15)17-14(25)13(24)11(27-17)7-9-28(2,3)4/h10-11,13-14,17,24-25H,2,5-9H2,1,3-4H3,(H2,19,21,22,26)/t11-,13-,14?,17?/m1/s1. The molecule has 1 fully saturated rings. The summed E-state index contributed by atoms with van der Waals surface area (Å²) in [5, 5.41) is 24.1. The van der Waals surface area contributed by atoms with E-state index in [0.29, 0.717) is 24.6 Å². The van der Waals surface area contributed by atoms with E-state index in [1.54, 1.807) is 0 Å². The Kier molecular flexibility index (Phi) is 6.29. The molecule has 0 saturated carbocycles. The number of aromatic amines is 1. The maximum absolute atomic E-state index is 12.3. The molecule has 2 unspecified atom stereocenters. The highest BCUT2D eigenvalue weighted by Crippen LogP contribution is 2.39. The molecule has 28 heavy (non-hydrogen) atoms. The van der Waals surface area contributed by atoms with Crippen molar-refractivity contribution in [1.29, 1.82) is 0 Å². The summed E-state index contributed by atoms with van der Waals surface area (Å²) in [7, 11) is 0. The van der Waals surface area contributed by atoms with Crippen molar-refractivity contribution >= 4 is 30.3 Å². The van der Waals surface area contributed by atoms with E-state index in [1.807, 2.05) is 0 Å². The third-order valence-electron chi connectivity index (χ3n) is 4.89. The Hall–Kier alpha value is -1.67. The molecule has 10 heteroatoms. The summed E-state index contributed by atoms with van der Waals surface area (Å²) in [5.74, 6) is 0.348. The van der Waals surface area contributed by atoms with E-state index in [0.717, 1.165) is 19.0 Å². The fourth-order valence-electron chi connectivity index (χ4n) is 3.25. The van der Waals surface area contributed by atoms with Gasteiger partial charge in [-0.05, 0) is 32.3 Å². The molecule has 0 amide bonds. The Morgan fingerprint density at radius 1 is 1.39 bits per heavy atom. The monoisotopic (exact) mass is 411 g/mol. The number of H-pyrrole nitrogens is 1. The number of hydrogen-bond acceptors (Lipinski definition) is 7. The highest BCUT2D eigenvalue weighted by molar-refractivity contribution is 7.72. The van der Waals surface area contributed by atoms with Gasteiger partial charge in [-0.25, -0.2) is 4.98 Å². The van der Waals surface area contributed by atoms with Gasteiger partial charge in [-0.2, -0.15) is 4.98 Å². The average molecular weight is 411 g/mol. The van der Waals surface area contributed by atoms with Crippen LogP contribution in [0.15, 0.2) is 11.1 Å². The second kappa shape index (κ2) is 8.37. The number of rotatable bonds is 8. The second-order valence-corrected chi connectivity index (χ2v) is 12.3. The maximum atomic E-state index is 12.3. The number of unbranched alkanes of at least 4 members (excludes halogenated alkanes) is 1. The second-order valence-electron chi connectivity index (χ2n) is 8.01. The number of imidazole rings is 1. The Morgan fingerprint density at radius 2 is 2.14 bits per heavy atom. The van der Waals surface area contributed by atoms with Gasteiger partial charge in [0.05, 0.1) is 12.4 Å². The molecule has 4 atom stereocenters. The lowest BCUT2D eigenvalue weighted by atomic mass is 10.1. The molecule has 0 radical (unpaired) electrons. The summed E-state index contributed by atoms with van der Waals surface area (Å²) >= 11 is 0. The van der Waals surface area contributed by atoms with Crippen LogP contribution in [0, 0.1) is 0 Å². The summed E-state index contributed by atoms with van der Waals surface area (Å²) in [6, 6.07) is 0. The molecule has 2 aromatic rings. The molecule has 1 aliphatic heterocycles. The van der Waals surface area contributed by atoms with E-state index in [-0.39, 0.29) is 11.1 Å². The van der Waals surface area contributed by atoms with Gasteiger partial charge in [0, 0.05) is 6.54 Å². The van der Waals surface area contributed by atoms with Crippen LogP contribution in [-0.2, 0) is 4.74 Å². The number of aliphatic hydroxyl groups excluding tert-OH is 2. The van der Waals surface area contributed by atoms with Crippen LogP contribution in [0.3, 0.4) is 0 Å². The van der Waals surface area contributed by atoms with Crippen molar-refractivity contribution in [3.63, 3.8) is 0 Å². The largest absolute Gasteiger partial charge is 0.388 e. The molecule has 0 aliphatic carbocycles. The Bertz CT molecular complexity index is 920. The van der Waals surface area contributed by atoms with Gasteiger partial charge in [0.25, 0.3) is 5.56 Å². The first-order chi connectivity index (χ1) is 13.2. The van der Waals surface area contributed by atoms with E-state index < -0.39 is 31.4 Å². The summed E-state index contributed by atoms with van der Waals surface area (Å²) in [4.78, 5) is 23.5. The normalized spacial score (nSPS) is 25.5. The van der Waals surface area contributed by atoms with Crippen molar-refractivity contribution in [1.82, 2.24) is 19.5 Å². The fourth-order valence-corrected chi connectivity index (χ4v) is 4.21. The molecule has 156 valence electrons. The molecule has 0 bridgehead atoms. The molecule has 3 heterocycles. The van der Waals surface area contributed by atoms with Crippen LogP contribution in [0.4, 0.5) is 5.95 Å². The minimum atomic E-state index is -1.27. The lowest BCUT2D eigenvalue weighted by molar-refractivity contribution is -0.0353. The van der Waals surface area contributed by atoms with Crippen molar-refractivity contribution < 1.29 is 14.9 Å². The number of hydrogen-bond donors (Lipinski definition) is 4. The summed E-state index contributed by atoms with van der Waals surface area (Å²) in [6.45, 7) is 5.74. The Labute approximate surface area is 164 Å². The van der Waals surface area contributed by atoms with E-state index in [2.05, 4.69) is 46.8 Å². The van der Waals surface area contributed by atoms with E-state index >= 15 is 0 Å². The first-order valence-electron chi connectivity index (χ1n) is 9.61. The molecule has 3 rings (SSSR count). The summed E-state index contributed by atoms with van der Waals surface area (Å²) in [5.41, 5.74) is 0.111. The summed E-state index contributed by atoms with van der Waals surface area (Å²) < 4.78 is 7.47. The molecule has 1 saturated heterocycles. The lowest BCUT2D eigenvalue weighted by Gasteiger charge is -2.18. The van der Waals surface area contributed by atoms with Crippen molar-refractivity contribution in [2.75, 3.05) is 31.4 Å². The van der Waals surface area contributed by atoms with Gasteiger partial charge < -0.3 is 20.3 Å². The quantitative estimate of drug-likeness (QED) is 0.378. The fraction of sp³-hybridized carbons (Fsp3) is 0.667. The molecule has 1 aliphatic rings. The highest BCUT2D eigenvalue weighted by Gasteiger charge is 2.44. The predicted octanol–water partition coefficient (Wildman–Crippen LogP) is 1.05. The number of aliphatic hydroxyl groups is 2. The van der Waals surface area contributed by atoms with Crippen LogP contribution < -0.4 is 10.9 Å². The Balaban J connectivity index is 1.86. The zero-order valence-corrected chi connectivity index (χ0v) is 17.5. The summed E-state index contributed by atoms with van der Waals surface area (Å²) in [6.07, 6.45) is 5.53. The van der Waals surface area contributed by atoms with Crippen molar-refractivity contribution in [3.05, 3.63) is 16.7 Å². The molecule has 2 aromatic heterocycles. The van der Waals surface area contributed by atoms with Crippen molar-refractivity contribution in [3.8, 4) is 0 Å². The number of nitrogens with one attached hydrogen (secondary N) is 2. The smallest absolute Gasteiger partial charge is 0.280 e. The van der Waals surface area contributed by atoms with Crippen molar-refractivity contribution in [2.24, 2.45) is 0 Å². The first kappa shape index (κ1) is 21.0. The van der Waals surface area contributed by atoms with E-state index in [4.69, 9.17) is 4.74 Å². The van der Waals surface area contributed by atoms with Gasteiger partial charge in [0.15, 0.2) is 17.4 Å². The minimum Gasteiger partial charge on any atom is -0.388 e. The van der Waals surface area contributed by atoms with Gasteiger partial charge in [0.1, 0.15) is 12.2 Å². The molecule has 9 nitrogen and oxygen atoms in total. The zero-order valence-electron chi connectivity index (χ0n) is 16.6. The minimum absolute atomic E-state index is 0.166. The molecular weight excluding hydrogens is 381 g/mol. The lowest BCUT2D eigenvalue weighted by Crippen LogP contribution is -2.32. The van der Waals surface area contributed by atoms with Gasteiger partial charge in [-0.1, -0.05) is 13.3 Å². The van der Waals surface area contributed by atoms with Crippen LogP contribution in [-0.4, -0.2) is 80.4 Å².